The van der Waals surface area contributed by atoms with Crippen molar-refractivity contribution in [2.45, 2.75) is 33.3 Å². The number of hydrogen-bond donors (Lipinski definition) is 0. The standard InChI is InChI=1S/C21H20ClN3O3S/c1-13-11-15(7-10-17(13)22)18(26)14-5-8-16(9-6-14)25(19-24-23-12-29-19)20(27)28-21(2,3)4/h5-12H,1-4H3. The lowest BCUT2D eigenvalue weighted by Crippen LogP contribution is -2.33. The molecule has 0 radical (unpaired) electrons. The molecule has 29 heavy (non-hydrogen) atoms. The fourth-order valence-corrected chi connectivity index (χ4v) is 3.27. The maximum Gasteiger partial charge on any atom is 0.421 e. The number of benzene rings is 2. The molecule has 0 aliphatic heterocycles. The first-order chi connectivity index (χ1) is 13.7. The number of ether oxygens (including phenoxy) is 1. The lowest BCUT2D eigenvalue weighted by Gasteiger charge is -2.25. The Labute approximate surface area is 178 Å². The topological polar surface area (TPSA) is 72.4 Å². The zero-order valence-electron chi connectivity index (χ0n) is 16.5. The molecule has 6 nitrogen and oxygen atoms in total. The van der Waals surface area contributed by atoms with Gasteiger partial charge in [-0.25, -0.2) is 9.69 Å². The number of rotatable bonds is 4. The fourth-order valence-electron chi connectivity index (χ4n) is 2.58. The van der Waals surface area contributed by atoms with Gasteiger partial charge in [-0.2, -0.15) is 0 Å². The van der Waals surface area contributed by atoms with Crippen molar-refractivity contribution >= 4 is 45.6 Å². The monoisotopic (exact) mass is 429 g/mol. The van der Waals surface area contributed by atoms with E-state index in [9.17, 15) is 9.59 Å². The number of carbonyl (C=O) groups excluding carboxylic acids is 2. The molecule has 0 fully saturated rings. The van der Waals surface area contributed by atoms with E-state index in [-0.39, 0.29) is 5.78 Å². The summed E-state index contributed by atoms with van der Waals surface area (Å²) in [6.07, 6.45) is -0.568. The van der Waals surface area contributed by atoms with E-state index < -0.39 is 11.7 Å². The average Bonchev–Trinajstić information content (AvgIpc) is 3.17. The molecule has 0 saturated carbocycles. The van der Waals surface area contributed by atoms with Crippen LogP contribution in [0.3, 0.4) is 0 Å². The predicted octanol–water partition coefficient (Wildman–Crippen LogP) is 5.80. The number of carbonyl (C=O) groups is 2. The fraction of sp³-hybridized carbons (Fsp3) is 0.238. The number of aromatic nitrogens is 2. The van der Waals surface area contributed by atoms with E-state index in [0.29, 0.717) is 27.0 Å². The lowest BCUT2D eigenvalue weighted by molar-refractivity contribution is 0.0599. The summed E-state index contributed by atoms with van der Waals surface area (Å²) in [4.78, 5) is 26.8. The molecule has 0 spiro atoms. The molecule has 0 N–H and O–H groups in total. The van der Waals surface area contributed by atoms with E-state index >= 15 is 0 Å². The SMILES string of the molecule is Cc1cc(C(=O)c2ccc(N(C(=O)OC(C)(C)C)c3nncs3)cc2)ccc1Cl. The van der Waals surface area contributed by atoms with Gasteiger partial charge in [0, 0.05) is 16.1 Å². The molecule has 3 aromatic rings. The molecular weight excluding hydrogens is 410 g/mol. The summed E-state index contributed by atoms with van der Waals surface area (Å²) in [5.41, 5.74) is 3.28. The van der Waals surface area contributed by atoms with Crippen LogP contribution >= 0.6 is 22.9 Å². The predicted molar refractivity (Wildman–Crippen MR) is 114 cm³/mol. The van der Waals surface area contributed by atoms with Crippen LogP contribution in [-0.2, 0) is 4.74 Å². The van der Waals surface area contributed by atoms with Crippen LogP contribution < -0.4 is 4.90 Å². The maximum absolute atomic E-state index is 12.8. The Bertz CT molecular complexity index is 1030. The van der Waals surface area contributed by atoms with Crippen LogP contribution in [0.25, 0.3) is 0 Å². The average molecular weight is 430 g/mol. The maximum atomic E-state index is 12.8. The molecule has 0 saturated heterocycles. The van der Waals surface area contributed by atoms with Crippen molar-refractivity contribution in [3.63, 3.8) is 0 Å². The number of nitrogens with zero attached hydrogens (tertiary/aromatic N) is 3. The molecule has 2 aromatic carbocycles. The van der Waals surface area contributed by atoms with E-state index in [1.54, 1.807) is 63.2 Å². The van der Waals surface area contributed by atoms with Gasteiger partial charge in [0.2, 0.25) is 5.13 Å². The summed E-state index contributed by atoms with van der Waals surface area (Å²) in [5.74, 6) is -0.129. The molecule has 0 unspecified atom stereocenters. The highest BCUT2D eigenvalue weighted by molar-refractivity contribution is 7.13. The number of halogens is 1. The highest BCUT2D eigenvalue weighted by Gasteiger charge is 2.27. The second-order valence-corrected chi connectivity index (χ2v) is 8.60. The van der Waals surface area contributed by atoms with Gasteiger partial charge in [-0.1, -0.05) is 22.9 Å². The van der Waals surface area contributed by atoms with Gasteiger partial charge >= 0.3 is 6.09 Å². The number of anilines is 2. The first kappa shape index (κ1) is 21.0. The van der Waals surface area contributed by atoms with Crippen molar-refractivity contribution in [1.82, 2.24) is 10.2 Å². The molecule has 0 bridgehead atoms. The van der Waals surface area contributed by atoms with Gasteiger partial charge in [0.25, 0.3) is 0 Å². The van der Waals surface area contributed by atoms with Crippen LogP contribution in [0.15, 0.2) is 48.0 Å². The normalized spacial score (nSPS) is 11.2. The number of ketones is 1. The second kappa shape index (κ2) is 8.31. The number of hydrogen-bond acceptors (Lipinski definition) is 6. The molecule has 0 aliphatic carbocycles. The molecule has 150 valence electrons. The Kier molecular flexibility index (Phi) is 6.00. The van der Waals surface area contributed by atoms with Crippen LogP contribution in [0.2, 0.25) is 5.02 Å². The van der Waals surface area contributed by atoms with Gasteiger partial charge in [-0.3, -0.25) is 4.79 Å². The van der Waals surface area contributed by atoms with E-state index in [1.165, 1.54) is 21.7 Å². The smallest absolute Gasteiger partial charge is 0.421 e. The minimum atomic E-state index is -0.664. The van der Waals surface area contributed by atoms with E-state index in [0.717, 1.165) is 5.56 Å². The highest BCUT2D eigenvalue weighted by atomic mass is 35.5. The van der Waals surface area contributed by atoms with Crippen molar-refractivity contribution in [2.75, 3.05) is 4.90 Å². The zero-order chi connectivity index (χ0) is 21.2. The zero-order valence-corrected chi connectivity index (χ0v) is 18.0. The molecule has 0 atom stereocenters. The van der Waals surface area contributed by atoms with Crippen LogP contribution in [0, 0.1) is 6.92 Å². The molecular formula is C21H20ClN3O3S. The minimum absolute atomic E-state index is 0.129. The molecule has 3 rings (SSSR count). The Morgan fingerprint density at radius 1 is 1.07 bits per heavy atom. The van der Waals surface area contributed by atoms with Gasteiger partial charge in [-0.15, -0.1) is 10.2 Å². The van der Waals surface area contributed by atoms with Crippen molar-refractivity contribution < 1.29 is 14.3 Å². The molecule has 0 aliphatic rings. The summed E-state index contributed by atoms with van der Waals surface area (Å²) in [6, 6.07) is 11.9. The Balaban J connectivity index is 1.90. The Hall–Kier alpha value is -2.77. The van der Waals surface area contributed by atoms with Crippen LogP contribution in [0.5, 0.6) is 0 Å². The summed E-state index contributed by atoms with van der Waals surface area (Å²) < 4.78 is 5.50. The second-order valence-electron chi connectivity index (χ2n) is 7.38. The Morgan fingerprint density at radius 3 is 2.28 bits per heavy atom. The number of aryl methyl sites for hydroxylation is 1. The summed E-state index contributed by atoms with van der Waals surface area (Å²) >= 11 is 7.25. The van der Waals surface area contributed by atoms with Gasteiger partial charge in [-0.05, 0) is 75.7 Å². The van der Waals surface area contributed by atoms with Crippen LogP contribution in [0.1, 0.15) is 42.3 Å². The van der Waals surface area contributed by atoms with Crippen molar-refractivity contribution in [3.05, 3.63) is 69.7 Å². The summed E-state index contributed by atoms with van der Waals surface area (Å²) in [5, 5.41) is 8.78. The highest BCUT2D eigenvalue weighted by Crippen LogP contribution is 2.29. The largest absolute Gasteiger partial charge is 0.443 e. The summed E-state index contributed by atoms with van der Waals surface area (Å²) in [7, 11) is 0. The van der Waals surface area contributed by atoms with Crippen molar-refractivity contribution in [3.8, 4) is 0 Å². The van der Waals surface area contributed by atoms with Crippen LogP contribution in [0.4, 0.5) is 15.6 Å². The van der Waals surface area contributed by atoms with Gasteiger partial charge < -0.3 is 4.74 Å². The quantitative estimate of drug-likeness (QED) is 0.490. The Morgan fingerprint density at radius 2 is 1.72 bits per heavy atom. The molecule has 1 amide bonds. The van der Waals surface area contributed by atoms with Gasteiger partial charge in [0.05, 0.1) is 5.69 Å². The van der Waals surface area contributed by atoms with E-state index in [1.807, 2.05) is 6.92 Å². The van der Waals surface area contributed by atoms with Gasteiger partial charge in [0.15, 0.2) is 5.78 Å². The van der Waals surface area contributed by atoms with E-state index in [4.69, 9.17) is 16.3 Å². The van der Waals surface area contributed by atoms with Crippen molar-refractivity contribution in [1.29, 1.82) is 0 Å². The third-order valence-electron chi connectivity index (χ3n) is 3.92. The number of amides is 1. The lowest BCUT2D eigenvalue weighted by atomic mass is 10.0. The van der Waals surface area contributed by atoms with Crippen molar-refractivity contribution in [2.24, 2.45) is 0 Å². The first-order valence-corrected chi connectivity index (χ1v) is 10.1. The summed E-state index contributed by atoms with van der Waals surface area (Å²) in [6.45, 7) is 7.22. The third kappa shape index (κ3) is 4.99. The van der Waals surface area contributed by atoms with Gasteiger partial charge in [0.1, 0.15) is 11.1 Å². The first-order valence-electron chi connectivity index (χ1n) is 8.86. The third-order valence-corrected chi connectivity index (χ3v) is 5.02. The molecule has 8 heteroatoms. The van der Waals surface area contributed by atoms with Crippen LogP contribution in [-0.4, -0.2) is 27.7 Å². The molecule has 1 aromatic heterocycles. The van der Waals surface area contributed by atoms with E-state index in [2.05, 4.69) is 10.2 Å². The molecule has 1 heterocycles. The minimum Gasteiger partial charge on any atom is -0.443 e.